The van der Waals surface area contributed by atoms with E-state index < -0.39 is 0 Å². The molecular weight excluding hydrogens is 244 g/mol. The van der Waals surface area contributed by atoms with Gasteiger partial charge in [0.1, 0.15) is 5.75 Å². The highest BCUT2D eigenvalue weighted by molar-refractivity contribution is 9.10. The lowest BCUT2D eigenvalue weighted by atomic mass is 10.2. The maximum Gasteiger partial charge on any atom is 0.151 e. The van der Waals surface area contributed by atoms with Crippen LogP contribution in [0.3, 0.4) is 0 Å². The molecule has 0 amide bonds. The van der Waals surface area contributed by atoms with Crippen LogP contribution in [-0.4, -0.2) is 12.9 Å². The first-order valence-corrected chi connectivity index (χ1v) is 5.05. The molecule has 1 aromatic carbocycles. The predicted molar refractivity (Wildman–Crippen MR) is 59.8 cm³/mol. The largest absolute Gasteiger partial charge is 0.493 e. The summed E-state index contributed by atoms with van der Waals surface area (Å²) >= 11 is 3.27. The van der Waals surface area contributed by atoms with Crippen molar-refractivity contribution >= 4 is 22.2 Å². The second kappa shape index (κ2) is 5.60. The lowest BCUT2D eigenvalue weighted by molar-refractivity contribution is 0.112. The van der Waals surface area contributed by atoms with E-state index in [0.717, 1.165) is 17.2 Å². The average Bonchev–Trinajstić information content (AvgIpc) is 2.21. The molecule has 0 fully saturated rings. The van der Waals surface area contributed by atoms with Crippen LogP contribution in [0.1, 0.15) is 16.8 Å². The number of rotatable bonds is 5. The summed E-state index contributed by atoms with van der Waals surface area (Å²) in [5.74, 6) is 0.706. The number of halogens is 1. The molecule has 0 aromatic heterocycles. The van der Waals surface area contributed by atoms with Gasteiger partial charge in [0.05, 0.1) is 6.61 Å². The van der Waals surface area contributed by atoms with Crippen molar-refractivity contribution in [2.75, 3.05) is 6.61 Å². The fourth-order valence-corrected chi connectivity index (χ4v) is 1.30. The lowest BCUT2D eigenvalue weighted by Gasteiger charge is -2.05. The number of carbonyl (C=O) groups excluding carboxylic acids is 1. The van der Waals surface area contributed by atoms with Gasteiger partial charge in [-0.25, -0.2) is 0 Å². The summed E-state index contributed by atoms with van der Waals surface area (Å²) in [6, 6.07) is 5.33. The highest BCUT2D eigenvalue weighted by Crippen LogP contribution is 2.21. The van der Waals surface area contributed by atoms with Crippen LogP contribution in [0.5, 0.6) is 5.75 Å². The molecule has 0 unspecified atom stereocenters. The van der Waals surface area contributed by atoms with E-state index in [1.54, 1.807) is 18.2 Å². The van der Waals surface area contributed by atoms with Crippen molar-refractivity contribution in [1.82, 2.24) is 0 Å². The summed E-state index contributed by atoms with van der Waals surface area (Å²) in [5.41, 5.74) is 0.598. The highest BCUT2D eigenvalue weighted by Gasteiger charge is 2.00. The SMILES string of the molecule is C=CCCOc1ccc(Br)c(C=O)c1. The molecule has 0 aliphatic rings. The fraction of sp³-hybridized carbons (Fsp3) is 0.182. The quantitative estimate of drug-likeness (QED) is 0.458. The zero-order chi connectivity index (χ0) is 10.4. The number of ether oxygens (including phenoxy) is 1. The van der Waals surface area contributed by atoms with Gasteiger partial charge >= 0.3 is 0 Å². The Hall–Kier alpha value is -1.09. The summed E-state index contributed by atoms with van der Waals surface area (Å²) in [6.45, 7) is 4.18. The summed E-state index contributed by atoms with van der Waals surface area (Å²) in [4.78, 5) is 10.6. The first-order valence-electron chi connectivity index (χ1n) is 4.26. The van der Waals surface area contributed by atoms with Crippen LogP contribution in [0.4, 0.5) is 0 Å². The molecule has 3 heteroatoms. The predicted octanol–water partition coefficient (Wildman–Crippen LogP) is 3.22. The Labute approximate surface area is 91.7 Å². The van der Waals surface area contributed by atoms with Crippen molar-refractivity contribution in [3.8, 4) is 5.75 Å². The van der Waals surface area contributed by atoms with Gasteiger partial charge in [0, 0.05) is 10.0 Å². The van der Waals surface area contributed by atoms with Gasteiger partial charge in [0.2, 0.25) is 0 Å². The van der Waals surface area contributed by atoms with Crippen LogP contribution in [0, 0.1) is 0 Å². The molecule has 1 aromatic rings. The van der Waals surface area contributed by atoms with Crippen molar-refractivity contribution in [3.63, 3.8) is 0 Å². The van der Waals surface area contributed by atoms with Gasteiger partial charge in [-0.05, 0) is 24.6 Å². The molecule has 0 radical (unpaired) electrons. The maximum atomic E-state index is 10.6. The van der Waals surface area contributed by atoms with Gasteiger partial charge in [0.15, 0.2) is 6.29 Å². The number of hydrogen-bond acceptors (Lipinski definition) is 2. The van der Waals surface area contributed by atoms with Crippen LogP contribution >= 0.6 is 15.9 Å². The lowest BCUT2D eigenvalue weighted by Crippen LogP contribution is -1.96. The molecule has 14 heavy (non-hydrogen) atoms. The summed E-state index contributed by atoms with van der Waals surface area (Å²) in [6.07, 6.45) is 3.39. The van der Waals surface area contributed by atoms with Gasteiger partial charge in [0.25, 0.3) is 0 Å². The Balaban J connectivity index is 2.69. The minimum Gasteiger partial charge on any atom is -0.493 e. The minimum atomic E-state index is 0.587. The number of hydrogen-bond donors (Lipinski definition) is 0. The van der Waals surface area contributed by atoms with Crippen molar-refractivity contribution < 1.29 is 9.53 Å². The van der Waals surface area contributed by atoms with Crippen LogP contribution < -0.4 is 4.74 Å². The number of benzene rings is 1. The molecule has 2 nitrogen and oxygen atoms in total. The first-order chi connectivity index (χ1) is 6.77. The van der Waals surface area contributed by atoms with Crippen LogP contribution in [0.25, 0.3) is 0 Å². The summed E-state index contributed by atoms with van der Waals surface area (Å²) in [7, 11) is 0. The molecule has 0 bridgehead atoms. The molecule has 74 valence electrons. The van der Waals surface area contributed by atoms with E-state index in [4.69, 9.17) is 4.74 Å². The fourth-order valence-electron chi connectivity index (χ4n) is 0.962. The molecule has 0 heterocycles. The molecule has 0 aliphatic heterocycles. The van der Waals surface area contributed by atoms with E-state index in [1.807, 2.05) is 6.07 Å². The Morgan fingerprint density at radius 2 is 2.29 bits per heavy atom. The van der Waals surface area contributed by atoms with Crippen LogP contribution in [-0.2, 0) is 0 Å². The first kappa shape index (κ1) is 11.0. The minimum absolute atomic E-state index is 0.587. The molecule has 0 saturated heterocycles. The Bertz CT molecular complexity index is 334. The molecule has 0 aliphatic carbocycles. The van der Waals surface area contributed by atoms with Gasteiger partial charge < -0.3 is 4.74 Å². The molecule has 0 saturated carbocycles. The smallest absolute Gasteiger partial charge is 0.151 e. The van der Waals surface area contributed by atoms with E-state index in [0.29, 0.717) is 17.9 Å². The standard InChI is InChI=1S/C11H11BrO2/c1-2-3-6-14-10-4-5-11(12)9(7-10)8-13/h2,4-5,7-8H,1,3,6H2. The van der Waals surface area contributed by atoms with Crippen molar-refractivity contribution in [3.05, 3.63) is 40.9 Å². The van der Waals surface area contributed by atoms with E-state index in [9.17, 15) is 4.79 Å². The second-order valence-corrected chi connectivity index (χ2v) is 3.58. The third-order valence-corrected chi connectivity index (χ3v) is 2.41. The number of aldehydes is 1. The van der Waals surface area contributed by atoms with Crippen LogP contribution in [0.15, 0.2) is 35.3 Å². The van der Waals surface area contributed by atoms with Gasteiger partial charge in [-0.3, -0.25) is 4.79 Å². The summed E-state index contributed by atoms with van der Waals surface area (Å²) < 4.78 is 6.17. The topological polar surface area (TPSA) is 26.3 Å². The van der Waals surface area contributed by atoms with E-state index >= 15 is 0 Å². The maximum absolute atomic E-state index is 10.6. The monoisotopic (exact) mass is 254 g/mol. The van der Waals surface area contributed by atoms with Crippen LogP contribution in [0.2, 0.25) is 0 Å². The number of carbonyl (C=O) groups is 1. The zero-order valence-electron chi connectivity index (χ0n) is 7.70. The molecule has 0 spiro atoms. The van der Waals surface area contributed by atoms with Crippen molar-refractivity contribution in [2.45, 2.75) is 6.42 Å². The normalized spacial score (nSPS) is 9.50. The molecule has 0 N–H and O–H groups in total. The Morgan fingerprint density at radius 3 is 2.93 bits per heavy atom. The second-order valence-electron chi connectivity index (χ2n) is 2.73. The van der Waals surface area contributed by atoms with Crippen molar-refractivity contribution in [1.29, 1.82) is 0 Å². The Morgan fingerprint density at radius 1 is 1.50 bits per heavy atom. The Kier molecular flexibility index (Phi) is 4.40. The van der Waals surface area contributed by atoms with E-state index in [2.05, 4.69) is 22.5 Å². The highest BCUT2D eigenvalue weighted by atomic mass is 79.9. The summed E-state index contributed by atoms with van der Waals surface area (Å²) in [5, 5.41) is 0. The average molecular weight is 255 g/mol. The van der Waals surface area contributed by atoms with Gasteiger partial charge in [-0.15, -0.1) is 6.58 Å². The zero-order valence-corrected chi connectivity index (χ0v) is 9.29. The third-order valence-electron chi connectivity index (χ3n) is 1.69. The molecule has 0 atom stereocenters. The molecular formula is C11H11BrO2. The van der Waals surface area contributed by atoms with Gasteiger partial charge in [-0.2, -0.15) is 0 Å². The van der Waals surface area contributed by atoms with Crippen molar-refractivity contribution in [2.24, 2.45) is 0 Å². The molecule has 1 rings (SSSR count). The third kappa shape index (κ3) is 3.00. The van der Waals surface area contributed by atoms with Gasteiger partial charge in [-0.1, -0.05) is 22.0 Å². The van der Waals surface area contributed by atoms with E-state index in [1.165, 1.54) is 0 Å². The van der Waals surface area contributed by atoms with E-state index in [-0.39, 0.29) is 0 Å².